The Morgan fingerprint density at radius 2 is 1.87 bits per heavy atom. The molecule has 0 amide bonds. The van der Waals surface area contributed by atoms with Crippen molar-refractivity contribution in [3.8, 4) is 5.88 Å². The molecule has 6 rings (SSSR count). The number of esters is 1. The first-order chi connectivity index (χ1) is 21.2. The number of nitrogens with zero attached hydrogens (tertiary/aromatic N) is 5. The molecule has 0 saturated heterocycles. The summed E-state index contributed by atoms with van der Waals surface area (Å²) < 4.78 is 69.3. The highest BCUT2D eigenvalue weighted by Gasteiger charge is 2.52. The highest BCUT2D eigenvalue weighted by Crippen LogP contribution is 2.47. The summed E-state index contributed by atoms with van der Waals surface area (Å²) in [6, 6.07) is 9.01. The molecule has 0 bridgehead atoms. The van der Waals surface area contributed by atoms with Crippen molar-refractivity contribution in [1.29, 1.82) is 0 Å². The highest BCUT2D eigenvalue weighted by atomic mass is 32.2. The molecule has 238 valence electrons. The van der Waals surface area contributed by atoms with E-state index in [1.54, 1.807) is 46.0 Å². The number of aromatic nitrogens is 4. The quantitative estimate of drug-likeness (QED) is 0.246. The number of rotatable bonds is 7. The lowest BCUT2D eigenvalue weighted by Gasteiger charge is -2.34. The zero-order chi connectivity index (χ0) is 32.5. The molecule has 0 radical (unpaired) electrons. The number of carbonyl (C=O) groups is 1. The van der Waals surface area contributed by atoms with Crippen LogP contribution in [-0.4, -0.2) is 57.5 Å². The van der Waals surface area contributed by atoms with Crippen LogP contribution in [0, 0.1) is 26.2 Å². The Morgan fingerprint density at radius 1 is 1.13 bits per heavy atom. The number of hydrogen-bond acceptors (Lipinski definition) is 8. The second-order valence-corrected chi connectivity index (χ2v) is 14.6. The van der Waals surface area contributed by atoms with Gasteiger partial charge in [-0.05, 0) is 93.0 Å². The lowest BCUT2D eigenvalue weighted by molar-refractivity contribution is -0.151. The highest BCUT2D eigenvalue weighted by molar-refractivity contribution is 7.89. The maximum Gasteiger partial charge on any atom is 0.312 e. The minimum atomic E-state index is -3.96. The molecule has 45 heavy (non-hydrogen) atoms. The minimum absolute atomic E-state index is 0.0465. The summed E-state index contributed by atoms with van der Waals surface area (Å²) in [7, 11) is -2.64. The van der Waals surface area contributed by atoms with Crippen molar-refractivity contribution in [3.05, 3.63) is 81.9 Å². The van der Waals surface area contributed by atoms with Gasteiger partial charge in [-0.1, -0.05) is 18.2 Å². The van der Waals surface area contributed by atoms with Crippen LogP contribution in [0.15, 0.2) is 47.6 Å². The number of sulfonamides is 1. The number of methoxy groups -OCH3 is 1. The minimum Gasteiger partial charge on any atom is -0.469 e. The van der Waals surface area contributed by atoms with Gasteiger partial charge in [0.15, 0.2) is 5.65 Å². The second kappa shape index (κ2) is 10.8. The van der Waals surface area contributed by atoms with E-state index in [1.165, 1.54) is 22.0 Å². The monoisotopic (exact) mass is 639 g/mol. The van der Waals surface area contributed by atoms with Crippen LogP contribution in [0.5, 0.6) is 5.88 Å². The molecule has 1 aromatic carbocycles. The van der Waals surface area contributed by atoms with Crippen LogP contribution < -0.4 is 4.74 Å². The SMILES string of the molecule is COC(=O)C(C)(C)C(c1ccc(C)c(CN2CC3(CC3)Oc3ncc(C)cc3S2(=O)=O)c1)c1ccn2c(C(F)F)nnc2c1C. The van der Waals surface area contributed by atoms with Gasteiger partial charge in [0.1, 0.15) is 10.5 Å². The van der Waals surface area contributed by atoms with Gasteiger partial charge in [0.2, 0.25) is 21.7 Å². The summed E-state index contributed by atoms with van der Waals surface area (Å²) in [5, 5.41) is 7.71. The summed E-state index contributed by atoms with van der Waals surface area (Å²) in [5.74, 6) is -1.41. The van der Waals surface area contributed by atoms with Crippen molar-refractivity contribution in [1.82, 2.24) is 23.9 Å². The molecule has 4 heterocycles. The van der Waals surface area contributed by atoms with Crippen LogP contribution in [0.2, 0.25) is 0 Å². The van der Waals surface area contributed by atoms with Gasteiger partial charge in [-0.3, -0.25) is 9.20 Å². The number of carbonyl (C=O) groups excluding carboxylic acids is 1. The Hall–Kier alpha value is -3.97. The molecular formula is C32H35F2N5O5S. The largest absolute Gasteiger partial charge is 0.469 e. The second-order valence-electron chi connectivity index (χ2n) is 12.7. The Bertz CT molecular complexity index is 1940. The maximum absolute atomic E-state index is 14.0. The molecule has 1 atom stereocenters. The molecule has 1 spiro atoms. The normalized spacial score (nSPS) is 18.0. The third-order valence-electron chi connectivity index (χ3n) is 9.04. The predicted octanol–water partition coefficient (Wildman–Crippen LogP) is 5.43. The molecule has 4 aromatic rings. The van der Waals surface area contributed by atoms with Crippen molar-refractivity contribution in [2.24, 2.45) is 5.41 Å². The van der Waals surface area contributed by atoms with Gasteiger partial charge in [0.25, 0.3) is 6.43 Å². The van der Waals surface area contributed by atoms with E-state index in [-0.39, 0.29) is 29.5 Å². The van der Waals surface area contributed by atoms with Gasteiger partial charge >= 0.3 is 5.97 Å². The fourth-order valence-corrected chi connectivity index (χ4v) is 7.93. The van der Waals surface area contributed by atoms with E-state index in [9.17, 15) is 22.0 Å². The van der Waals surface area contributed by atoms with Gasteiger partial charge in [-0.25, -0.2) is 22.2 Å². The zero-order valence-corrected chi connectivity index (χ0v) is 26.8. The van der Waals surface area contributed by atoms with E-state index in [0.717, 1.165) is 29.5 Å². The standard InChI is InChI=1S/C32H35F2N5O5S/c1-18-13-24-29(35-15-18)44-32(10-11-32)17-38(45(24,41)42)16-22-14-21(8-7-19(22)2)25(31(4,5)30(40)43-6)23-9-12-39-27(20(23)3)36-37-28(39)26(33)34/h7-9,12-15,25-26H,10-11,16-17H2,1-6H3. The summed E-state index contributed by atoms with van der Waals surface area (Å²) in [6.45, 7) is 9.24. The lowest BCUT2D eigenvalue weighted by Crippen LogP contribution is -2.38. The van der Waals surface area contributed by atoms with Gasteiger partial charge in [-0.15, -0.1) is 10.2 Å². The lowest BCUT2D eigenvalue weighted by atomic mass is 9.70. The average Bonchev–Trinajstić information content (AvgIpc) is 3.61. The third kappa shape index (κ3) is 5.25. The first-order valence-corrected chi connectivity index (χ1v) is 16.1. The zero-order valence-electron chi connectivity index (χ0n) is 26.0. The van der Waals surface area contributed by atoms with E-state index in [2.05, 4.69) is 15.2 Å². The first-order valence-electron chi connectivity index (χ1n) is 14.6. The maximum atomic E-state index is 14.0. The fourth-order valence-electron chi connectivity index (χ4n) is 6.29. The van der Waals surface area contributed by atoms with Crippen LogP contribution in [-0.2, 0) is 26.1 Å². The number of pyridine rings is 2. The predicted molar refractivity (Wildman–Crippen MR) is 161 cm³/mol. The Labute approximate surface area is 260 Å². The number of alkyl halides is 2. The van der Waals surface area contributed by atoms with E-state index >= 15 is 0 Å². The molecule has 1 unspecified atom stereocenters. The van der Waals surface area contributed by atoms with Crippen LogP contribution in [0.3, 0.4) is 0 Å². The average molecular weight is 640 g/mol. The van der Waals surface area contributed by atoms with Crippen molar-refractivity contribution in [3.63, 3.8) is 0 Å². The van der Waals surface area contributed by atoms with E-state index in [4.69, 9.17) is 9.47 Å². The molecule has 3 aromatic heterocycles. The number of aryl methyl sites for hydroxylation is 3. The van der Waals surface area contributed by atoms with Crippen LogP contribution in [0.1, 0.15) is 78.2 Å². The molecule has 1 saturated carbocycles. The topological polar surface area (TPSA) is 116 Å². The van der Waals surface area contributed by atoms with Crippen LogP contribution in [0.4, 0.5) is 8.78 Å². The number of benzene rings is 1. The van der Waals surface area contributed by atoms with Crippen molar-refractivity contribution in [2.45, 2.75) is 76.8 Å². The molecule has 2 aliphatic rings. The first kappa shape index (κ1) is 31.0. The molecule has 1 fully saturated rings. The van der Waals surface area contributed by atoms with E-state index in [0.29, 0.717) is 16.7 Å². The summed E-state index contributed by atoms with van der Waals surface area (Å²) in [5.41, 5.74) is 2.85. The van der Waals surface area contributed by atoms with Gasteiger partial charge in [0.05, 0.1) is 19.1 Å². The number of halogens is 2. The number of fused-ring (bicyclic) bond motifs is 2. The molecule has 1 aliphatic carbocycles. The molecule has 0 N–H and O–H groups in total. The Morgan fingerprint density at radius 3 is 2.53 bits per heavy atom. The van der Waals surface area contributed by atoms with Gasteiger partial charge < -0.3 is 9.47 Å². The van der Waals surface area contributed by atoms with E-state index in [1.807, 2.05) is 25.1 Å². The summed E-state index contributed by atoms with van der Waals surface area (Å²) >= 11 is 0. The van der Waals surface area contributed by atoms with E-state index < -0.39 is 45.2 Å². The van der Waals surface area contributed by atoms with Gasteiger partial charge in [0, 0.05) is 24.9 Å². The number of ether oxygens (including phenoxy) is 2. The summed E-state index contributed by atoms with van der Waals surface area (Å²) in [4.78, 5) is 17.6. The van der Waals surface area contributed by atoms with Crippen molar-refractivity contribution < 1.29 is 31.5 Å². The van der Waals surface area contributed by atoms with Crippen molar-refractivity contribution in [2.75, 3.05) is 13.7 Å². The molecule has 1 aliphatic heterocycles. The third-order valence-corrected chi connectivity index (χ3v) is 10.8. The van der Waals surface area contributed by atoms with Gasteiger partial charge in [-0.2, -0.15) is 4.31 Å². The van der Waals surface area contributed by atoms with Crippen LogP contribution in [0.25, 0.3) is 5.65 Å². The molecule has 13 heteroatoms. The Kier molecular flexibility index (Phi) is 7.47. The molecular weight excluding hydrogens is 604 g/mol. The smallest absolute Gasteiger partial charge is 0.312 e. The molecule has 10 nitrogen and oxygen atoms in total. The Balaban J connectivity index is 1.46. The fraction of sp³-hybridized carbons (Fsp3) is 0.438. The number of hydrogen-bond donors (Lipinski definition) is 0. The van der Waals surface area contributed by atoms with Crippen molar-refractivity contribution >= 4 is 21.6 Å². The van der Waals surface area contributed by atoms with Crippen LogP contribution >= 0.6 is 0 Å². The summed E-state index contributed by atoms with van der Waals surface area (Å²) in [6.07, 6.45) is 1.72.